The van der Waals surface area contributed by atoms with E-state index in [-0.39, 0.29) is 11.5 Å². The summed E-state index contributed by atoms with van der Waals surface area (Å²) in [4.78, 5) is 6.61. The molecule has 2 heterocycles. The lowest BCUT2D eigenvalue weighted by molar-refractivity contribution is 0.273. The molecule has 1 aromatic heterocycles. The van der Waals surface area contributed by atoms with E-state index in [1.165, 1.54) is 0 Å². The molecular weight excluding hydrogens is 217 g/mol. The monoisotopic (exact) mass is 235 g/mol. The zero-order valence-electron chi connectivity index (χ0n) is 10.3. The zero-order valence-corrected chi connectivity index (χ0v) is 10.3. The number of nitrogens with zero attached hydrogens (tertiary/aromatic N) is 2. The van der Waals surface area contributed by atoms with Crippen molar-refractivity contribution in [3.05, 3.63) is 23.4 Å². The lowest BCUT2D eigenvalue weighted by Gasteiger charge is -2.35. The number of aromatic nitrogens is 1. The zero-order chi connectivity index (χ0) is 12.2. The van der Waals surface area contributed by atoms with Crippen LogP contribution in [0.2, 0.25) is 0 Å². The van der Waals surface area contributed by atoms with E-state index >= 15 is 0 Å². The molecule has 1 aliphatic heterocycles. The Morgan fingerprint density at radius 3 is 2.76 bits per heavy atom. The van der Waals surface area contributed by atoms with E-state index in [1.54, 1.807) is 0 Å². The maximum absolute atomic E-state index is 12.8. The lowest BCUT2D eigenvalue weighted by atomic mass is 9.86. The minimum Gasteiger partial charge on any atom is -0.351 e. The van der Waals surface area contributed by atoms with Crippen molar-refractivity contribution in [2.75, 3.05) is 18.0 Å². The Labute approximate surface area is 101 Å². The number of alkyl halides is 1. The third kappa shape index (κ3) is 1.62. The Morgan fingerprint density at radius 2 is 2.12 bits per heavy atom. The van der Waals surface area contributed by atoms with Crippen LogP contribution in [0.25, 0.3) is 0 Å². The SMILES string of the molecule is CC1(C)Cc2nc(N3CC(F)C3)ccc2[C@H]1N. The fraction of sp³-hybridized carbons (Fsp3) is 0.615. The van der Waals surface area contributed by atoms with Crippen LogP contribution in [0.1, 0.15) is 31.1 Å². The van der Waals surface area contributed by atoms with Gasteiger partial charge in [0.15, 0.2) is 0 Å². The Kier molecular flexibility index (Phi) is 2.20. The molecular formula is C13H18FN3. The van der Waals surface area contributed by atoms with E-state index in [9.17, 15) is 4.39 Å². The molecule has 2 N–H and O–H groups in total. The number of anilines is 1. The summed E-state index contributed by atoms with van der Waals surface area (Å²) in [6.07, 6.45) is 0.216. The lowest BCUT2D eigenvalue weighted by Crippen LogP contribution is -2.48. The second kappa shape index (κ2) is 3.42. The summed E-state index contributed by atoms with van der Waals surface area (Å²) in [5.74, 6) is 0.891. The summed E-state index contributed by atoms with van der Waals surface area (Å²) in [6.45, 7) is 5.28. The van der Waals surface area contributed by atoms with Gasteiger partial charge in [-0.05, 0) is 23.5 Å². The molecule has 1 aliphatic carbocycles. The maximum atomic E-state index is 12.8. The Bertz CT molecular complexity index is 452. The highest BCUT2D eigenvalue weighted by Crippen LogP contribution is 2.43. The number of rotatable bonds is 1. The van der Waals surface area contributed by atoms with Crippen LogP contribution in [-0.2, 0) is 6.42 Å². The summed E-state index contributed by atoms with van der Waals surface area (Å²) in [7, 11) is 0. The Balaban J connectivity index is 1.90. The van der Waals surface area contributed by atoms with Crippen LogP contribution in [0.3, 0.4) is 0 Å². The minimum atomic E-state index is -0.691. The number of fused-ring (bicyclic) bond motifs is 1. The van der Waals surface area contributed by atoms with Crippen LogP contribution in [0.15, 0.2) is 12.1 Å². The normalized spacial score (nSPS) is 26.8. The smallest absolute Gasteiger partial charge is 0.135 e. The maximum Gasteiger partial charge on any atom is 0.135 e. The molecule has 1 saturated heterocycles. The fourth-order valence-corrected chi connectivity index (χ4v) is 2.68. The summed E-state index contributed by atoms with van der Waals surface area (Å²) < 4.78 is 12.8. The molecule has 2 aliphatic rings. The van der Waals surface area contributed by atoms with E-state index in [2.05, 4.69) is 24.9 Å². The van der Waals surface area contributed by atoms with Gasteiger partial charge in [0.1, 0.15) is 12.0 Å². The molecule has 1 fully saturated rings. The molecule has 0 amide bonds. The molecule has 0 radical (unpaired) electrons. The second-order valence-electron chi connectivity index (χ2n) is 5.85. The first-order chi connectivity index (χ1) is 7.97. The molecule has 0 unspecified atom stereocenters. The highest BCUT2D eigenvalue weighted by molar-refractivity contribution is 5.47. The van der Waals surface area contributed by atoms with Crippen LogP contribution in [0.4, 0.5) is 10.2 Å². The summed E-state index contributed by atoms with van der Waals surface area (Å²) in [5.41, 5.74) is 8.51. The van der Waals surface area contributed by atoms with Gasteiger partial charge in [0.05, 0.1) is 13.1 Å². The number of nitrogens with two attached hydrogens (primary N) is 1. The highest BCUT2D eigenvalue weighted by Gasteiger charge is 2.38. The van der Waals surface area contributed by atoms with Crippen molar-refractivity contribution in [3.8, 4) is 0 Å². The number of hydrogen-bond donors (Lipinski definition) is 1. The third-order valence-corrected chi connectivity index (χ3v) is 3.96. The third-order valence-electron chi connectivity index (χ3n) is 3.96. The van der Waals surface area contributed by atoms with Crippen molar-refractivity contribution in [2.45, 2.75) is 32.5 Å². The molecule has 0 spiro atoms. The molecule has 3 rings (SSSR count). The number of hydrogen-bond acceptors (Lipinski definition) is 3. The predicted molar refractivity (Wildman–Crippen MR) is 65.8 cm³/mol. The van der Waals surface area contributed by atoms with Gasteiger partial charge in [0.2, 0.25) is 0 Å². The van der Waals surface area contributed by atoms with Gasteiger partial charge in [0.25, 0.3) is 0 Å². The summed E-state index contributed by atoms with van der Waals surface area (Å²) in [5, 5.41) is 0. The van der Waals surface area contributed by atoms with Crippen LogP contribution >= 0.6 is 0 Å². The molecule has 0 bridgehead atoms. The molecule has 0 saturated carbocycles. The predicted octanol–water partition coefficient (Wildman–Crippen LogP) is 1.82. The van der Waals surface area contributed by atoms with Gasteiger partial charge in [-0.2, -0.15) is 0 Å². The van der Waals surface area contributed by atoms with E-state index in [0.29, 0.717) is 13.1 Å². The second-order valence-corrected chi connectivity index (χ2v) is 5.85. The van der Waals surface area contributed by atoms with Crippen LogP contribution in [0, 0.1) is 5.41 Å². The fourth-order valence-electron chi connectivity index (χ4n) is 2.68. The number of pyridine rings is 1. The van der Waals surface area contributed by atoms with Crippen LogP contribution in [-0.4, -0.2) is 24.2 Å². The molecule has 0 aromatic carbocycles. The standard InChI is InChI=1S/C13H18FN3/c1-13(2)5-10-9(12(13)15)3-4-11(16-10)17-6-8(14)7-17/h3-4,8,12H,5-7,15H2,1-2H3/t12-/m1/s1. The van der Waals surface area contributed by atoms with Gasteiger partial charge < -0.3 is 10.6 Å². The van der Waals surface area contributed by atoms with Crippen molar-refractivity contribution < 1.29 is 4.39 Å². The summed E-state index contributed by atoms with van der Waals surface area (Å²) >= 11 is 0. The van der Waals surface area contributed by atoms with Crippen molar-refractivity contribution in [1.82, 2.24) is 4.98 Å². The highest BCUT2D eigenvalue weighted by atomic mass is 19.1. The van der Waals surface area contributed by atoms with E-state index in [4.69, 9.17) is 5.73 Å². The molecule has 17 heavy (non-hydrogen) atoms. The van der Waals surface area contributed by atoms with Crippen molar-refractivity contribution in [1.29, 1.82) is 0 Å². The first kappa shape index (κ1) is 11.0. The van der Waals surface area contributed by atoms with Crippen LogP contribution in [0.5, 0.6) is 0 Å². The van der Waals surface area contributed by atoms with E-state index < -0.39 is 6.17 Å². The molecule has 1 atom stereocenters. The van der Waals surface area contributed by atoms with Gasteiger partial charge in [-0.1, -0.05) is 19.9 Å². The number of halogens is 1. The van der Waals surface area contributed by atoms with E-state index in [0.717, 1.165) is 23.5 Å². The van der Waals surface area contributed by atoms with Gasteiger partial charge >= 0.3 is 0 Å². The van der Waals surface area contributed by atoms with Crippen molar-refractivity contribution in [3.63, 3.8) is 0 Å². The molecule has 3 nitrogen and oxygen atoms in total. The van der Waals surface area contributed by atoms with Gasteiger partial charge in [-0.25, -0.2) is 9.37 Å². The van der Waals surface area contributed by atoms with Gasteiger partial charge in [-0.3, -0.25) is 0 Å². The largest absolute Gasteiger partial charge is 0.351 e. The van der Waals surface area contributed by atoms with Gasteiger partial charge in [0, 0.05) is 11.7 Å². The van der Waals surface area contributed by atoms with Gasteiger partial charge in [-0.15, -0.1) is 0 Å². The molecule has 4 heteroatoms. The van der Waals surface area contributed by atoms with Crippen molar-refractivity contribution >= 4 is 5.82 Å². The average molecular weight is 235 g/mol. The average Bonchev–Trinajstić information content (AvgIpc) is 2.45. The minimum absolute atomic E-state index is 0.0596. The molecule has 1 aromatic rings. The topological polar surface area (TPSA) is 42.2 Å². The quantitative estimate of drug-likeness (QED) is 0.807. The Hall–Kier alpha value is -1.16. The first-order valence-electron chi connectivity index (χ1n) is 6.12. The van der Waals surface area contributed by atoms with E-state index in [1.807, 2.05) is 11.0 Å². The molecule has 92 valence electrons. The van der Waals surface area contributed by atoms with Crippen molar-refractivity contribution in [2.24, 2.45) is 11.1 Å². The Morgan fingerprint density at radius 1 is 1.41 bits per heavy atom. The van der Waals surface area contributed by atoms with Crippen LogP contribution < -0.4 is 10.6 Å². The summed E-state index contributed by atoms with van der Waals surface area (Å²) in [6, 6.07) is 4.08. The first-order valence-corrected chi connectivity index (χ1v) is 6.12.